The minimum atomic E-state index is 0. The van der Waals surface area contributed by atoms with Crippen molar-refractivity contribution in [1.82, 2.24) is 0 Å². The van der Waals surface area contributed by atoms with Gasteiger partial charge in [-0.2, -0.15) is 11.8 Å². The van der Waals surface area contributed by atoms with Crippen molar-refractivity contribution in [3.05, 3.63) is 0 Å². The molecule has 0 saturated carbocycles. The van der Waals surface area contributed by atoms with Crippen molar-refractivity contribution in [1.29, 1.82) is 0 Å². The van der Waals surface area contributed by atoms with Crippen LogP contribution in [0.1, 0.15) is 0 Å². The summed E-state index contributed by atoms with van der Waals surface area (Å²) in [7, 11) is 0. The molecule has 0 bridgehead atoms. The van der Waals surface area contributed by atoms with Gasteiger partial charge in [0.25, 0.3) is 0 Å². The Labute approximate surface area is 47.7 Å². The van der Waals surface area contributed by atoms with Gasteiger partial charge in [-0.05, 0) is 12.5 Å². The summed E-state index contributed by atoms with van der Waals surface area (Å²) in [6.45, 7) is 0. The maximum absolute atomic E-state index is 2.04. The second kappa shape index (κ2) is 116. The van der Waals surface area contributed by atoms with E-state index in [0.29, 0.717) is 0 Å². The van der Waals surface area contributed by atoms with E-state index >= 15 is 0 Å². The van der Waals surface area contributed by atoms with Gasteiger partial charge in [0.1, 0.15) is 0 Å². The Balaban J connectivity index is -0.00000000333. The van der Waals surface area contributed by atoms with E-state index in [-0.39, 0.29) is 22.5 Å². The fraction of sp³-hybridized carbons (Fsp3) is 1.00. The van der Waals surface area contributed by atoms with Gasteiger partial charge < -0.3 is 14.1 Å². The molecule has 7 heavy (non-hydrogen) atoms. The first-order valence-electron chi connectivity index (χ1n) is 0.816. The molecule has 0 aromatic heterocycles. The maximum atomic E-state index is 2.04. The Morgan fingerprint density at radius 1 is 0.857 bits per heavy atom. The minimum Gasteiger partial charge on any atom is -1.00 e. The fourth-order valence-corrected chi connectivity index (χ4v) is 0. The van der Waals surface area contributed by atoms with Crippen molar-refractivity contribution in [2.24, 2.45) is 0 Å². The summed E-state index contributed by atoms with van der Waals surface area (Å²) in [5, 5.41) is 0. The third-order valence-corrected chi connectivity index (χ3v) is 0. The second-order valence-electron chi connectivity index (χ2n) is 0.408. The first kappa shape index (κ1) is 57.1. The van der Waals surface area contributed by atoms with E-state index in [1.807, 2.05) is 12.5 Å². The Kier molecular flexibility index (Phi) is 944. The summed E-state index contributed by atoms with van der Waals surface area (Å²) < 4.78 is 0. The topological polar surface area (TPSA) is 0 Å². The number of rotatable bonds is 0. The molecule has 0 spiro atoms. The molecular weight excluding hydrogens is 124 g/mol. The fourth-order valence-electron chi connectivity index (χ4n) is 0. The van der Waals surface area contributed by atoms with Crippen molar-refractivity contribution in [2.75, 3.05) is 12.5 Å². The molecule has 0 aromatic rings. The molecule has 0 heterocycles. The monoisotopic (exact) mass is 130 g/mol. The number of halogens is 3. The molecule has 0 nitrogen and oxygen atoms in total. The van der Waals surface area contributed by atoms with Crippen molar-refractivity contribution in [3.8, 4) is 0 Å². The Hall–Kier alpha value is 0.205. The average Bonchev–Trinajstić information content (AvgIpc) is 0.918. The first-order chi connectivity index (χ1) is 1.41. The van der Waals surface area contributed by atoms with E-state index in [1.165, 1.54) is 0 Å². The first-order valence-corrected chi connectivity index (χ1v) is 2.45. The minimum absolute atomic E-state index is 0. The molecule has 0 aliphatic rings. The van der Waals surface area contributed by atoms with Gasteiger partial charge in [-0.3, -0.25) is 0 Å². The van der Waals surface area contributed by atoms with Crippen LogP contribution in [-0.4, -0.2) is 20.9 Å². The molecule has 0 aromatic carbocycles. The van der Waals surface area contributed by atoms with Crippen LogP contribution in [-0.2, 0) is 0 Å². The van der Waals surface area contributed by atoms with E-state index in [2.05, 4.69) is 0 Å². The zero-order valence-corrected chi connectivity index (χ0v) is 4.94. The molecule has 0 unspecified atom stereocenters. The van der Waals surface area contributed by atoms with E-state index in [1.54, 1.807) is 11.8 Å². The molecule has 5 heteroatoms. The van der Waals surface area contributed by atoms with Crippen LogP contribution in [0.3, 0.4) is 0 Å². The van der Waals surface area contributed by atoms with Crippen LogP contribution >= 0.6 is 11.8 Å². The SMILES string of the molecule is CSC.[B+3].[F-].[F-].[F-]. The smallest absolute Gasteiger partial charge is 1.00 e. The molecule has 0 N–H and O–H groups in total. The molecule has 0 amide bonds. The molecule has 44 valence electrons. The molecule has 0 aliphatic carbocycles. The molecule has 0 saturated heterocycles. The van der Waals surface area contributed by atoms with E-state index in [0.717, 1.165) is 0 Å². The van der Waals surface area contributed by atoms with Crippen molar-refractivity contribution >= 4 is 20.2 Å². The third kappa shape index (κ3) is 2610. The largest absolute Gasteiger partial charge is 3.00 e. The maximum Gasteiger partial charge on any atom is 3.00 e. The van der Waals surface area contributed by atoms with Crippen LogP contribution in [0, 0.1) is 0 Å². The molecule has 0 atom stereocenters. The Bertz CT molecular complexity index is 12.9. The van der Waals surface area contributed by atoms with Gasteiger partial charge in [-0.25, -0.2) is 0 Å². The van der Waals surface area contributed by atoms with Crippen LogP contribution in [0.25, 0.3) is 0 Å². The Morgan fingerprint density at radius 2 is 0.857 bits per heavy atom. The van der Waals surface area contributed by atoms with Crippen molar-refractivity contribution < 1.29 is 14.1 Å². The number of hydrogen-bond donors (Lipinski definition) is 0. The molecule has 0 aliphatic heterocycles. The van der Waals surface area contributed by atoms with Crippen LogP contribution in [0.15, 0.2) is 0 Å². The van der Waals surface area contributed by atoms with Crippen LogP contribution < -0.4 is 14.1 Å². The summed E-state index contributed by atoms with van der Waals surface area (Å²) in [5.74, 6) is 0. The third-order valence-electron chi connectivity index (χ3n) is 0. The summed E-state index contributed by atoms with van der Waals surface area (Å²) in [4.78, 5) is 0. The molecular formula is C2H6BF3S. The van der Waals surface area contributed by atoms with Crippen LogP contribution in [0.5, 0.6) is 0 Å². The zero-order chi connectivity index (χ0) is 2.71. The number of thioether (sulfide) groups is 1. The van der Waals surface area contributed by atoms with Gasteiger partial charge in [0.05, 0.1) is 0 Å². The molecule has 0 radical (unpaired) electrons. The van der Waals surface area contributed by atoms with Gasteiger partial charge in [0.2, 0.25) is 0 Å². The van der Waals surface area contributed by atoms with E-state index < -0.39 is 0 Å². The van der Waals surface area contributed by atoms with Crippen molar-refractivity contribution in [2.45, 2.75) is 0 Å². The second-order valence-corrected chi connectivity index (χ2v) is 1.22. The summed E-state index contributed by atoms with van der Waals surface area (Å²) in [6.07, 6.45) is 4.08. The summed E-state index contributed by atoms with van der Waals surface area (Å²) in [5.41, 5.74) is 0. The summed E-state index contributed by atoms with van der Waals surface area (Å²) >= 11 is 1.75. The van der Waals surface area contributed by atoms with E-state index in [9.17, 15) is 0 Å². The molecule has 0 fully saturated rings. The number of hydrogen-bond acceptors (Lipinski definition) is 1. The predicted molar refractivity (Wildman–Crippen MR) is 25.2 cm³/mol. The van der Waals surface area contributed by atoms with Gasteiger partial charge in [0.15, 0.2) is 0 Å². The zero-order valence-electron chi connectivity index (χ0n) is 4.12. The quantitative estimate of drug-likeness (QED) is 0.293. The normalized spacial score (nSPS) is 2.57. The van der Waals surface area contributed by atoms with Crippen LogP contribution in [0.4, 0.5) is 0 Å². The summed E-state index contributed by atoms with van der Waals surface area (Å²) in [6, 6.07) is 0. The average molecular weight is 130 g/mol. The standard InChI is InChI=1S/C2H6S.B.3FH/c1-3-2;;;;/h1-2H3;;3*1H/q;+3;;;/p-3. The van der Waals surface area contributed by atoms with E-state index in [4.69, 9.17) is 0 Å². The van der Waals surface area contributed by atoms with Crippen molar-refractivity contribution in [3.63, 3.8) is 0 Å². The van der Waals surface area contributed by atoms with Crippen LogP contribution in [0.2, 0.25) is 0 Å². The van der Waals surface area contributed by atoms with Gasteiger partial charge in [-0.15, -0.1) is 0 Å². The predicted octanol–water partition coefficient (Wildman–Crippen LogP) is -8.39. The molecule has 0 rings (SSSR count). The van der Waals surface area contributed by atoms with Gasteiger partial charge in [-0.1, -0.05) is 0 Å². The Morgan fingerprint density at radius 3 is 0.857 bits per heavy atom. The van der Waals surface area contributed by atoms with Gasteiger partial charge >= 0.3 is 8.41 Å². The van der Waals surface area contributed by atoms with Gasteiger partial charge in [0, 0.05) is 0 Å².